The van der Waals surface area contributed by atoms with Crippen molar-refractivity contribution < 1.29 is 0 Å². The zero-order valence-corrected chi connectivity index (χ0v) is 10.2. The summed E-state index contributed by atoms with van der Waals surface area (Å²) in [5, 5.41) is 0.389. The Kier molecular flexibility index (Phi) is 2.54. The molecule has 3 rings (SSSR count). The first-order chi connectivity index (χ1) is 8.15. The van der Waals surface area contributed by atoms with Crippen LogP contribution in [0.2, 0.25) is 10.4 Å². The second kappa shape index (κ2) is 3.94. The van der Waals surface area contributed by atoms with Gasteiger partial charge in [-0.2, -0.15) is 4.98 Å². The van der Waals surface area contributed by atoms with Crippen molar-refractivity contribution in [2.45, 2.75) is 18.5 Å². The summed E-state index contributed by atoms with van der Waals surface area (Å²) in [7, 11) is 0. The summed E-state index contributed by atoms with van der Waals surface area (Å²) in [6, 6.07) is 0.224. The van der Waals surface area contributed by atoms with Gasteiger partial charge < -0.3 is 10.3 Å². The number of fused-ring (bicyclic) bond motifs is 1. The SMILES string of the molecule is NC1C=CC(n2cnc3c(Cl)nc(Cl)nc32)C1. The summed E-state index contributed by atoms with van der Waals surface area (Å²) >= 11 is 11.8. The van der Waals surface area contributed by atoms with Gasteiger partial charge in [0.1, 0.15) is 5.52 Å². The first kappa shape index (κ1) is 11.0. The maximum Gasteiger partial charge on any atom is 0.225 e. The minimum Gasteiger partial charge on any atom is -0.324 e. The molecule has 2 atom stereocenters. The number of aromatic nitrogens is 4. The van der Waals surface area contributed by atoms with Crippen molar-refractivity contribution >= 4 is 34.4 Å². The van der Waals surface area contributed by atoms with Crippen molar-refractivity contribution in [1.29, 1.82) is 0 Å². The predicted octanol–water partition coefficient (Wildman–Crippen LogP) is 1.96. The molecular formula is C10H9Cl2N5. The standard InChI is InChI=1S/C10H9Cl2N5/c11-8-7-9(16-10(12)15-8)17(4-14-7)6-2-1-5(13)3-6/h1-2,4-6H,3,13H2. The number of allylic oxidation sites excluding steroid dienone is 1. The average Bonchev–Trinajstić information content (AvgIpc) is 2.83. The lowest BCUT2D eigenvalue weighted by atomic mass is 10.2. The van der Waals surface area contributed by atoms with Crippen molar-refractivity contribution in [1.82, 2.24) is 19.5 Å². The van der Waals surface area contributed by atoms with Gasteiger partial charge in [0.05, 0.1) is 12.4 Å². The Hall–Kier alpha value is -1.17. The average molecular weight is 270 g/mol. The summed E-state index contributed by atoms with van der Waals surface area (Å²) in [5.41, 5.74) is 7.03. The van der Waals surface area contributed by atoms with Crippen LogP contribution in [0, 0.1) is 0 Å². The number of halogens is 2. The fourth-order valence-electron chi connectivity index (χ4n) is 2.01. The minimum atomic E-state index is 0.0743. The topological polar surface area (TPSA) is 69.6 Å². The van der Waals surface area contributed by atoms with Crippen molar-refractivity contribution in [2.75, 3.05) is 0 Å². The predicted molar refractivity (Wildman–Crippen MR) is 66.1 cm³/mol. The lowest BCUT2D eigenvalue weighted by Crippen LogP contribution is -2.16. The highest BCUT2D eigenvalue weighted by Gasteiger charge is 2.21. The van der Waals surface area contributed by atoms with Gasteiger partial charge in [0.2, 0.25) is 5.28 Å². The molecule has 2 N–H and O–H groups in total. The van der Waals surface area contributed by atoms with E-state index >= 15 is 0 Å². The second-order valence-electron chi connectivity index (χ2n) is 3.96. The number of imidazole rings is 1. The quantitative estimate of drug-likeness (QED) is 0.488. The fraction of sp³-hybridized carbons (Fsp3) is 0.300. The smallest absolute Gasteiger partial charge is 0.225 e. The normalized spacial score (nSPS) is 23.7. The Morgan fingerprint density at radius 2 is 2.12 bits per heavy atom. The second-order valence-corrected chi connectivity index (χ2v) is 4.66. The van der Waals surface area contributed by atoms with Crippen LogP contribution in [-0.4, -0.2) is 25.6 Å². The molecule has 1 aliphatic rings. The molecule has 2 aromatic heterocycles. The number of rotatable bonds is 1. The molecule has 0 saturated carbocycles. The molecule has 0 aromatic carbocycles. The van der Waals surface area contributed by atoms with E-state index in [1.807, 2.05) is 16.7 Å². The highest BCUT2D eigenvalue weighted by molar-refractivity contribution is 6.35. The minimum absolute atomic E-state index is 0.0743. The van der Waals surface area contributed by atoms with Gasteiger partial charge in [-0.05, 0) is 18.0 Å². The first-order valence-electron chi connectivity index (χ1n) is 5.14. The summed E-state index contributed by atoms with van der Waals surface area (Å²) in [5.74, 6) is 0. The van der Waals surface area contributed by atoms with Gasteiger partial charge >= 0.3 is 0 Å². The molecule has 0 bridgehead atoms. The lowest BCUT2D eigenvalue weighted by Gasteiger charge is -2.11. The third-order valence-electron chi connectivity index (χ3n) is 2.80. The van der Waals surface area contributed by atoms with Crippen LogP contribution >= 0.6 is 23.2 Å². The maximum absolute atomic E-state index is 5.96. The van der Waals surface area contributed by atoms with Crippen LogP contribution in [0.25, 0.3) is 11.2 Å². The van der Waals surface area contributed by atoms with E-state index in [0.29, 0.717) is 11.2 Å². The van der Waals surface area contributed by atoms with Crippen LogP contribution in [0.15, 0.2) is 18.5 Å². The van der Waals surface area contributed by atoms with Crippen molar-refractivity contribution in [3.63, 3.8) is 0 Å². The molecule has 2 unspecified atom stereocenters. The van der Waals surface area contributed by atoms with Gasteiger partial charge in [-0.1, -0.05) is 23.8 Å². The Bertz CT molecular complexity index is 606. The molecular weight excluding hydrogens is 261 g/mol. The van der Waals surface area contributed by atoms with Crippen LogP contribution in [-0.2, 0) is 0 Å². The summed E-state index contributed by atoms with van der Waals surface area (Å²) in [6.07, 6.45) is 6.52. The molecule has 0 saturated heterocycles. The zero-order valence-electron chi connectivity index (χ0n) is 8.72. The van der Waals surface area contributed by atoms with E-state index in [2.05, 4.69) is 15.0 Å². The summed E-state index contributed by atoms with van der Waals surface area (Å²) < 4.78 is 1.91. The van der Waals surface area contributed by atoms with Crippen LogP contribution in [0.4, 0.5) is 0 Å². The largest absolute Gasteiger partial charge is 0.324 e. The van der Waals surface area contributed by atoms with Crippen LogP contribution in [0.1, 0.15) is 12.5 Å². The van der Waals surface area contributed by atoms with Gasteiger partial charge in [0, 0.05) is 6.04 Å². The van der Waals surface area contributed by atoms with E-state index in [9.17, 15) is 0 Å². The van der Waals surface area contributed by atoms with Gasteiger partial charge in [-0.15, -0.1) is 0 Å². The molecule has 0 amide bonds. The monoisotopic (exact) mass is 269 g/mol. The van der Waals surface area contributed by atoms with Gasteiger partial charge in [0.25, 0.3) is 0 Å². The van der Waals surface area contributed by atoms with Crippen LogP contribution in [0.3, 0.4) is 0 Å². The van der Waals surface area contributed by atoms with E-state index in [1.54, 1.807) is 6.33 Å². The summed E-state index contributed by atoms with van der Waals surface area (Å²) in [6.45, 7) is 0. The lowest BCUT2D eigenvalue weighted by molar-refractivity contribution is 0.569. The van der Waals surface area contributed by atoms with Crippen molar-refractivity contribution in [2.24, 2.45) is 5.73 Å². The Morgan fingerprint density at radius 3 is 2.82 bits per heavy atom. The molecule has 17 heavy (non-hydrogen) atoms. The molecule has 1 aliphatic carbocycles. The Balaban J connectivity index is 2.15. The van der Waals surface area contributed by atoms with Crippen LogP contribution < -0.4 is 5.73 Å². The number of nitrogens with zero attached hydrogens (tertiary/aromatic N) is 4. The Morgan fingerprint density at radius 1 is 1.29 bits per heavy atom. The van der Waals surface area contributed by atoms with E-state index in [4.69, 9.17) is 28.9 Å². The fourth-order valence-corrected chi connectivity index (χ4v) is 2.43. The summed E-state index contributed by atoms with van der Waals surface area (Å²) in [4.78, 5) is 12.2. The molecule has 7 heteroatoms. The molecule has 2 heterocycles. The highest BCUT2D eigenvalue weighted by Crippen LogP contribution is 2.28. The number of hydrogen-bond acceptors (Lipinski definition) is 4. The maximum atomic E-state index is 5.96. The number of nitrogens with two attached hydrogens (primary N) is 1. The Labute approximate surface area is 107 Å². The van der Waals surface area contributed by atoms with Crippen molar-refractivity contribution in [3.8, 4) is 0 Å². The van der Waals surface area contributed by atoms with Gasteiger partial charge in [-0.25, -0.2) is 9.97 Å². The molecule has 2 aromatic rings. The third-order valence-corrected chi connectivity index (χ3v) is 3.24. The first-order valence-corrected chi connectivity index (χ1v) is 5.90. The molecule has 88 valence electrons. The van der Waals surface area contributed by atoms with E-state index in [-0.39, 0.29) is 22.5 Å². The molecule has 0 fully saturated rings. The van der Waals surface area contributed by atoms with E-state index in [0.717, 1.165) is 6.42 Å². The molecule has 0 radical (unpaired) electrons. The van der Waals surface area contributed by atoms with Gasteiger partial charge in [0.15, 0.2) is 10.8 Å². The molecule has 0 aliphatic heterocycles. The number of hydrogen-bond donors (Lipinski definition) is 1. The third kappa shape index (κ3) is 1.80. The van der Waals surface area contributed by atoms with Crippen LogP contribution in [0.5, 0.6) is 0 Å². The highest BCUT2D eigenvalue weighted by atomic mass is 35.5. The molecule has 0 spiro atoms. The van der Waals surface area contributed by atoms with E-state index < -0.39 is 0 Å². The van der Waals surface area contributed by atoms with Crippen molar-refractivity contribution in [3.05, 3.63) is 28.9 Å². The zero-order chi connectivity index (χ0) is 12.0. The van der Waals surface area contributed by atoms with E-state index in [1.165, 1.54) is 0 Å². The van der Waals surface area contributed by atoms with Gasteiger partial charge in [-0.3, -0.25) is 0 Å². The molecule has 5 nitrogen and oxygen atoms in total.